The predicted octanol–water partition coefficient (Wildman–Crippen LogP) is 4.89. The van der Waals surface area contributed by atoms with Crippen LogP contribution in [0.15, 0.2) is 48.5 Å². The third kappa shape index (κ3) is 3.38. The average Bonchev–Trinajstić information content (AvgIpc) is 2.88. The molecule has 0 saturated heterocycles. The molecule has 0 aliphatic carbocycles. The molecule has 0 fully saturated rings. The van der Waals surface area contributed by atoms with E-state index >= 15 is 0 Å². The normalized spacial score (nSPS) is 17.0. The highest BCUT2D eigenvalue weighted by Crippen LogP contribution is 2.32. The summed E-state index contributed by atoms with van der Waals surface area (Å²) in [6.45, 7) is 8.79. The van der Waals surface area contributed by atoms with Crippen LogP contribution in [0.4, 0.5) is 5.69 Å². The van der Waals surface area contributed by atoms with Gasteiger partial charge in [0, 0.05) is 18.2 Å². The molecule has 0 saturated carbocycles. The first-order valence-corrected chi connectivity index (χ1v) is 8.85. The third-order valence-electron chi connectivity index (χ3n) is 4.92. The number of amides is 1. The van der Waals surface area contributed by atoms with Gasteiger partial charge in [0.1, 0.15) is 0 Å². The quantitative estimate of drug-likeness (QED) is 0.788. The van der Waals surface area contributed by atoms with Gasteiger partial charge in [0.25, 0.3) is 0 Å². The number of nitrogens with zero attached hydrogens (tertiary/aromatic N) is 1. The van der Waals surface area contributed by atoms with Crippen molar-refractivity contribution in [2.45, 2.75) is 58.4 Å². The van der Waals surface area contributed by atoms with Gasteiger partial charge < -0.3 is 4.90 Å². The van der Waals surface area contributed by atoms with Crippen LogP contribution in [0.3, 0.4) is 0 Å². The number of carbonyl (C=O) groups excluding carboxylic acids is 1. The monoisotopic (exact) mass is 321 g/mol. The van der Waals surface area contributed by atoms with Crippen molar-refractivity contribution in [2.24, 2.45) is 0 Å². The Morgan fingerprint density at radius 3 is 2.42 bits per heavy atom. The van der Waals surface area contributed by atoms with E-state index in [1.807, 2.05) is 11.0 Å². The number of fused-ring (bicyclic) bond motifs is 1. The molecule has 126 valence electrons. The van der Waals surface area contributed by atoms with Gasteiger partial charge in [-0.05, 0) is 47.9 Å². The van der Waals surface area contributed by atoms with Gasteiger partial charge in [0.15, 0.2) is 0 Å². The maximum Gasteiger partial charge on any atom is 0.227 e. The molecule has 0 spiro atoms. The summed E-state index contributed by atoms with van der Waals surface area (Å²) in [5.41, 5.74) is 5.12. The average molecular weight is 321 g/mol. The first-order valence-electron chi connectivity index (χ1n) is 8.85. The zero-order chi connectivity index (χ0) is 17.3. The number of rotatable bonds is 3. The van der Waals surface area contributed by atoms with Gasteiger partial charge in [-0.2, -0.15) is 0 Å². The molecule has 0 N–H and O–H groups in total. The molecule has 3 rings (SSSR count). The Balaban J connectivity index is 1.66. The van der Waals surface area contributed by atoms with Gasteiger partial charge in [0.2, 0.25) is 5.91 Å². The standard InChI is InChI=1S/C22H27NO/c1-16-15-18-7-5-6-8-20(18)23(16)21(24)14-11-17-9-12-19(13-10-17)22(2,3)4/h5-10,12-13,16H,11,14-15H2,1-4H3. The second kappa shape index (κ2) is 6.43. The van der Waals surface area contributed by atoms with E-state index in [9.17, 15) is 4.79 Å². The molecule has 2 nitrogen and oxygen atoms in total. The second-order valence-electron chi connectivity index (χ2n) is 7.89. The van der Waals surface area contributed by atoms with Gasteiger partial charge >= 0.3 is 0 Å². The Kier molecular flexibility index (Phi) is 4.49. The number of hydrogen-bond acceptors (Lipinski definition) is 1. The van der Waals surface area contributed by atoms with Crippen LogP contribution in [-0.4, -0.2) is 11.9 Å². The molecule has 1 heterocycles. The Hall–Kier alpha value is -2.09. The van der Waals surface area contributed by atoms with Gasteiger partial charge in [-0.1, -0.05) is 63.2 Å². The fraction of sp³-hybridized carbons (Fsp3) is 0.409. The molecule has 0 aromatic heterocycles. The molecule has 0 bridgehead atoms. The van der Waals surface area contributed by atoms with Crippen molar-refractivity contribution in [3.8, 4) is 0 Å². The number of benzene rings is 2. The fourth-order valence-electron chi connectivity index (χ4n) is 3.49. The van der Waals surface area contributed by atoms with Crippen LogP contribution in [0.25, 0.3) is 0 Å². The zero-order valence-corrected chi connectivity index (χ0v) is 15.2. The summed E-state index contributed by atoms with van der Waals surface area (Å²) in [6.07, 6.45) is 2.32. The molecule has 2 aromatic carbocycles. The van der Waals surface area contributed by atoms with E-state index < -0.39 is 0 Å². The van der Waals surface area contributed by atoms with E-state index in [0.717, 1.165) is 18.5 Å². The van der Waals surface area contributed by atoms with Crippen molar-refractivity contribution >= 4 is 11.6 Å². The predicted molar refractivity (Wildman–Crippen MR) is 101 cm³/mol. The summed E-state index contributed by atoms with van der Waals surface area (Å²) in [7, 11) is 0. The minimum Gasteiger partial charge on any atom is -0.309 e. The Morgan fingerprint density at radius 2 is 1.75 bits per heavy atom. The highest BCUT2D eigenvalue weighted by atomic mass is 16.2. The molecule has 2 heteroatoms. The molecule has 1 atom stereocenters. The lowest BCUT2D eigenvalue weighted by atomic mass is 9.86. The van der Waals surface area contributed by atoms with Crippen molar-refractivity contribution in [1.29, 1.82) is 0 Å². The van der Waals surface area contributed by atoms with Gasteiger partial charge in [-0.15, -0.1) is 0 Å². The second-order valence-corrected chi connectivity index (χ2v) is 7.89. The first kappa shape index (κ1) is 16.8. The maximum atomic E-state index is 12.7. The summed E-state index contributed by atoms with van der Waals surface area (Å²) < 4.78 is 0. The van der Waals surface area contributed by atoms with Crippen molar-refractivity contribution < 1.29 is 4.79 Å². The Morgan fingerprint density at radius 1 is 1.08 bits per heavy atom. The minimum absolute atomic E-state index is 0.170. The maximum absolute atomic E-state index is 12.7. The van der Waals surface area contributed by atoms with Crippen LogP contribution in [0, 0.1) is 0 Å². The zero-order valence-electron chi connectivity index (χ0n) is 15.2. The smallest absolute Gasteiger partial charge is 0.227 e. The summed E-state index contributed by atoms with van der Waals surface area (Å²) in [5, 5.41) is 0. The van der Waals surface area contributed by atoms with Crippen LogP contribution in [0.2, 0.25) is 0 Å². The third-order valence-corrected chi connectivity index (χ3v) is 4.92. The number of hydrogen-bond donors (Lipinski definition) is 0. The van der Waals surface area contributed by atoms with Crippen molar-refractivity contribution in [3.05, 3.63) is 65.2 Å². The van der Waals surface area contributed by atoms with E-state index in [1.54, 1.807) is 0 Å². The largest absolute Gasteiger partial charge is 0.309 e. The molecule has 2 aromatic rings. The SMILES string of the molecule is CC1Cc2ccccc2N1C(=O)CCc1ccc(C(C)(C)C)cc1. The molecular weight excluding hydrogens is 294 g/mol. The number of anilines is 1. The number of para-hydroxylation sites is 1. The Labute approximate surface area is 145 Å². The molecular formula is C22H27NO. The lowest BCUT2D eigenvalue weighted by Gasteiger charge is -2.23. The summed E-state index contributed by atoms with van der Waals surface area (Å²) in [5.74, 6) is 0.229. The van der Waals surface area contributed by atoms with Crippen molar-refractivity contribution in [3.63, 3.8) is 0 Å². The Bertz CT molecular complexity index is 724. The molecule has 1 unspecified atom stereocenters. The van der Waals surface area contributed by atoms with Gasteiger partial charge in [0.05, 0.1) is 0 Å². The fourth-order valence-corrected chi connectivity index (χ4v) is 3.49. The number of aryl methyl sites for hydroxylation is 1. The number of carbonyl (C=O) groups is 1. The van der Waals surface area contributed by atoms with Crippen LogP contribution in [-0.2, 0) is 23.1 Å². The summed E-state index contributed by atoms with van der Waals surface area (Å²) in [6, 6.07) is 17.2. The topological polar surface area (TPSA) is 20.3 Å². The lowest BCUT2D eigenvalue weighted by molar-refractivity contribution is -0.118. The summed E-state index contributed by atoms with van der Waals surface area (Å²) >= 11 is 0. The van der Waals surface area contributed by atoms with Gasteiger partial charge in [-0.3, -0.25) is 4.79 Å². The van der Waals surface area contributed by atoms with Crippen molar-refractivity contribution in [1.82, 2.24) is 0 Å². The molecule has 0 radical (unpaired) electrons. The van der Waals surface area contributed by atoms with Crippen LogP contribution < -0.4 is 4.90 Å². The van der Waals surface area contributed by atoms with Gasteiger partial charge in [-0.25, -0.2) is 0 Å². The summed E-state index contributed by atoms with van der Waals surface area (Å²) in [4.78, 5) is 14.7. The van der Waals surface area contributed by atoms with Crippen LogP contribution >= 0.6 is 0 Å². The van der Waals surface area contributed by atoms with E-state index in [2.05, 4.69) is 70.2 Å². The lowest BCUT2D eigenvalue weighted by Crippen LogP contribution is -2.35. The molecule has 1 amide bonds. The van der Waals surface area contributed by atoms with E-state index in [0.29, 0.717) is 6.42 Å². The van der Waals surface area contributed by atoms with E-state index in [4.69, 9.17) is 0 Å². The first-order chi connectivity index (χ1) is 11.4. The van der Waals surface area contributed by atoms with E-state index in [-0.39, 0.29) is 17.4 Å². The molecule has 1 aliphatic heterocycles. The highest BCUT2D eigenvalue weighted by Gasteiger charge is 2.29. The molecule has 24 heavy (non-hydrogen) atoms. The van der Waals surface area contributed by atoms with E-state index in [1.165, 1.54) is 16.7 Å². The molecule has 1 aliphatic rings. The minimum atomic E-state index is 0.170. The van der Waals surface area contributed by atoms with Crippen LogP contribution in [0.1, 0.15) is 50.8 Å². The van der Waals surface area contributed by atoms with Crippen molar-refractivity contribution in [2.75, 3.05) is 4.90 Å². The van der Waals surface area contributed by atoms with Crippen LogP contribution in [0.5, 0.6) is 0 Å². The highest BCUT2D eigenvalue weighted by molar-refractivity contribution is 5.96.